The van der Waals surface area contributed by atoms with Gasteiger partial charge in [-0.3, -0.25) is 4.98 Å². The molecule has 0 saturated heterocycles. The first kappa shape index (κ1) is 11.4. The summed E-state index contributed by atoms with van der Waals surface area (Å²) in [6.07, 6.45) is 3.60. The highest BCUT2D eigenvalue weighted by atomic mass is 19.1. The van der Waals surface area contributed by atoms with Crippen molar-refractivity contribution in [1.82, 2.24) is 4.98 Å². The van der Waals surface area contributed by atoms with Crippen molar-refractivity contribution in [1.29, 1.82) is 0 Å². The average molecular weight is 203 g/mol. The molecule has 1 aromatic carbocycles. The Morgan fingerprint density at radius 2 is 1.60 bits per heavy atom. The molecule has 0 saturated carbocycles. The number of nitrogens with zero attached hydrogens (tertiary/aromatic N) is 1. The van der Waals surface area contributed by atoms with E-state index in [0.29, 0.717) is 0 Å². The maximum absolute atomic E-state index is 12.1. The van der Waals surface area contributed by atoms with Crippen molar-refractivity contribution >= 4 is 0 Å². The Labute approximate surface area is 89.6 Å². The summed E-state index contributed by atoms with van der Waals surface area (Å²) in [5.74, 6) is -0.171. The number of pyridine rings is 1. The van der Waals surface area contributed by atoms with Gasteiger partial charge in [0.15, 0.2) is 0 Å². The van der Waals surface area contributed by atoms with E-state index in [4.69, 9.17) is 0 Å². The zero-order valence-electron chi connectivity index (χ0n) is 8.94. The number of hydrogen-bond acceptors (Lipinski definition) is 1. The largest absolute Gasteiger partial charge is 0.264 e. The quantitative estimate of drug-likeness (QED) is 0.638. The predicted molar refractivity (Wildman–Crippen MR) is 60.1 cm³/mol. The van der Waals surface area contributed by atoms with Gasteiger partial charge in [-0.15, -0.1) is 0 Å². The first-order valence-corrected chi connectivity index (χ1v) is 4.77. The van der Waals surface area contributed by atoms with Crippen LogP contribution in [0, 0.1) is 19.7 Å². The average Bonchev–Trinajstić information content (AvgIpc) is 2.25. The van der Waals surface area contributed by atoms with Gasteiger partial charge in [0, 0.05) is 12.4 Å². The fourth-order valence-electron chi connectivity index (χ4n) is 0.981. The van der Waals surface area contributed by atoms with Gasteiger partial charge < -0.3 is 0 Å². The summed E-state index contributed by atoms with van der Waals surface area (Å²) in [4.78, 5) is 3.88. The number of halogens is 1. The Morgan fingerprint density at radius 1 is 0.933 bits per heavy atom. The van der Waals surface area contributed by atoms with Gasteiger partial charge in [-0.2, -0.15) is 0 Å². The summed E-state index contributed by atoms with van der Waals surface area (Å²) in [5, 5.41) is 0. The second-order valence-corrected chi connectivity index (χ2v) is 3.33. The molecule has 0 aliphatic rings. The van der Waals surface area contributed by atoms with Crippen LogP contribution >= 0.6 is 0 Å². The van der Waals surface area contributed by atoms with Crippen LogP contribution in [0.2, 0.25) is 0 Å². The molecule has 2 aromatic rings. The maximum Gasteiger partial charge on any atom is 0.123 e. The van der Waals surface area contributed by atoms with Gasteiger partial charge in [0.1, 0.15) is 5.82 Å². The molecule has 0 bridgehead atoms. The summed E-state index contributed by atoms with van der Waals surface area (Å²) in [7, 11) is 0. The highest BCUT2D eigenvalue weighted by Crippen LogP contribution is 1.98. The number of benzene rings is 1. The lowest BCUT2D eigenvalue weighted by molar-refractivity contribution is 0.627. The predicted octanol–water partition coefficient (Wildman–Crippen LogP) is 3.52. The highest BCUT2D eigenvalue weighted by Gasteiger charge is 1.83. The summed E-state index contributed by atoms with van der Waals surface area (Å²) in [6, 6.07) is 10.3. The Balaban J connectivity index is 0.000000151. The molecule has 0 aliphatic heterocycles. The van der Waals surface area contributed by atoms with Crippen molar-refractivity contribution in [3.8, 4) is 0 Å². The van der Waals surface area contributed by atoms with E-state index in [1.54, 1.807) is 18.3 Å². The van der Waals surface area contributed by atoms with E-state index in [1.165, 1.54) is 17.7 Å². The molecule has 0 N–H and O–H groups in total. The minimum Gasteiger partial charge on any atom is -0.264 e. The normalized spacial score (nSPS) is 9.00. The van der Waals surface area contributed by atoms with E-state index in [2.05, 4.69) is 4.98 Å². The molecule has 0 radical (unpaired) electrons. The van der Waals surface area contributed by atoms with E-state index in [-0.39, 0.29) is 5.82 Å². The molecule has 15 heavy (non-hydrogen) atoms. The van der Waals surface area contributed by atoms with Gasteiger partial charge in [0.05, 0.1) is 0 Å². The lowest BCUT2D eigenvalue weighted by Gasteiger charge is -1.87. The SMILES string of the molecule is Cc1ccc(F)cc1.Cc1cccnc1. The molecule has 0 aliphatic carbocycles. The van der Waals surface area contributed by atoms with Gasteiger partial charge in [-0.1, -0.05) is 23.8 Å². The minimum atomic E-state index is -0.171. The maximum atomic E-state index is 12.1. The third kappa shape index (κ3) is 4.91. The van der Waals surface area contributed by atoms with Crippen LogP contribution in [0.25, 0.3) is 0 Å². The topological polar surface area (TPSA) is 12.9 Å². The monoisotopic (exact) mass is 203 g/mol. The molecule has 0 fully saturated rings. The van der Waals surface area contributed by atoms with Crippen molar-refractivity contribution < 1.29 is 4.39 Å². The van der Waals surface area contributed by atoms with Gasteiger partial charge in [0.25, 0.3) is 0 Å². The molecule has 0 spiro atoms. The number of hydrogen-bond donors (Lipinski definition) is 0. The number of aryl methyl sites for hydroxylation is 2. The van der Waals surface area contributed by atoms with Crippen LogP contribution in [0.3, 0.4) is 0 Å². The van der Waals surface area contributed by atoms with Crippen molar-refractivity contribution in [3.63, 3.8) is 0 Å². The van der Waals surface area contributed by atoms with E-state index in [1.807, 2.05) is 32.2 Å². The van der Waals surface area contributed by atoms with Crippen molar-refractivity contribution in [2.45, 2.75) is 13.8 Å². The van der Waals surface area contributed by atoms with E-state index in [0.717, 1.165) is 5.56 Å². The molecule has 0 amide bonds. The molecule has 1 heterocycles. The zero-order chi connectivity index (χ0) is 11.1. The standard InChI is InChI=1S/C7H7F.C6H7N/c1-6-2-4-7(8)5-3-6;1-6-3-2-4-7-5-6/h2-5H,1H3;2-5H,1H3. The Hall–Kier alpha value is -1.70. The first-order chi connectivity index (χ1) is 7.18. The fourth-order valence-corrected chi connectivity index (χ4v) is 0.981. The fraction of sp³-hybridized carbons (Fsp3) is 0.154. The summed E-state index contributed by atoms with van der Waals surface area (Å²) < 4.78 is 12.1. The molecule has 2 rings (SSSR count). The van der Waals surface area contributed by atoms with Crippen LogP contribution < -0.4 is 0 Å². The summed E-state index contributed by atoms with van der Waals surface area (Å²) >= 11 is 0. The smallest absolute Gasteiger partial charge is 0.123 e. The third-order valence-electron chi connectivity index (χ3n) is 1.82. The van der Waals surface area contributed by atoms with Crippen molar-refractivity contribution in [2.75, 3.05) is 0 Å². The summed E-state index contributed by atoms with van der Waals surface area (Å²) in [5.41, 5.74) is 2.30. The van der Waals surface area contributed by atoms with Crippen LogP contribution in [0.4, 0.5) is 4.39 Å². The molecule has 0 atom stereocenters. The van der Waals surface area contributed by atoms with E-state index in [9.17, 15) is 4.39 Å². The second kappa shape index (κ2) is 5.91. The number of aromatic nitrogens is 1. The van der Waals surface area contributed by atoms with Crippen LogP contribution in [0.15, 0.2) is 48.8 Å². The third-order valence-corrected chi connectivity index (χ3v) is 1.82. The Kier molecular flexibility index (Phi) is 4.48. The van der Waals surface area contributed by atoms with Gasteiger partial charge in [-0.05, 0) is 37.6 Å². The lowest BCUT2D eigenvalue weighted by atomic mass is 10.2. The molecule has 1 aromatic heterocycles. The molecule has 78 valence electrons. The molecule has 1 nitrogen and oxygen atoms in total. The lowest BCUT2D eigenvalue weighted by Crippen LogP contribution is -1.71. The minimum absolute atomic E-state index is 0.171. The number of rotatable bonds is 0. The van der Waals surface area contributed by atoms with Gasteiger partial charge >= 0.3 is 0 Å². The molecule has 2 heteroatoms. The first-order valence-electron chi connectivity index (χ1n) is 4.77. The van der Waals surface area contributed by atoms with E-state index >= 15 is 0 Å². The van der Waals surface area contributed by atoms with Crippen LogP contribution in [-0.4, -0.2) is 4.98 Å². The second-order valence-electron chi connectivity index (χ2n) is 3.33. The van der Waals surface area contributed by atoms with Crippen molar-refractivity contribution in [3.05, 3.63) is 65.7 Å². The Bertz CT molecular complexity index is 360. The molecular formula is C13H14FN. The Morgan fingerprint density at radius 3 is 1.93 bits per heavy atom. The highest BCUT2D eigenvalue weighted by molar-refractivity contribution is 5.13. The van der Waals surface area contributed by atoms with E-state index < -0.39 is 0 Å². The zero-order valence-corrected chi connectivity index (χ0v) is 8.94. The van der Waals surface area contributed by atoms with Crippen LogP contribution in [0.1, 0.15) is 11.1 Å². The van der Waals surface area contributed by atoms with Gasteiger partial charge in [-0.25, -0.2) is 4.39 Å². The molecule has 0 unspecified atom stereocenters. The molecular weight excluding hydrogens is 189 g/mol. The summed E-state index contributed by atoms with van der Waals surface area (Å²) in [6.45, 7) is 3.95. The van der Waals surface area contributed by atoms with Gasteiger partial charge in [0.2, 0.25) is 0 Å². The van der Waals surface area contributed by atoms with Crippen LogP contribution in [-0.2, 0) is 0 Å². The van der Waals surface area contributed by atoms with Crippen LogP contribution in [0.5, 0.6) is 0 Å². The van der Waals surface area contributed by atoms with Crippen molar-refractivity contribution in [2.24, 2.45) is 0 Å².